The minimum Gasteiger partial charge on any atom is -0.497 e. The van der Waals surface area contributed by atoms with E-state index in [1.165, 1.54) is 0 Å². The SMILES string of the molecule is COc1ccccc1.O=S(=O)(Br)Br. The van der Waals surface area contributed by atoms with E-state index in [0.29, 0.717) is 0 Å². The highest BCUT2D eigenvalue weighted by molar-refractivity contribution is 9.79. The molecule has 0 radical (unpaired) electrons. The normalized spacial score (nSPS) is 9.77. The van der Waals surface area contributed by atoms with Crippen molar-refractivity contribution >= 4 is 36.3 Å². The molecule has 0 spiro atoms. The van der Waals surface area contributed by atoms with Crippen molar-refractivity contribution < 1.29 is 13.2 Å². The molecule has 1 aromatic carbocycles. The van der Waals surface area contributed by atoms with Crippen LogP contribution in [-0.4, -0.2) is 15.5 Å². The minimum absolute atomic E-state index is 0.910. The van der Waals surface area contributed by atoms with Crippen molar-refractivity contribution in [3.05, 3.63) is 30.3 Å². The third-order valence-electron chi connectivity index (χ3n) is 0.979. The predicted molar refractivity (Wildman–Crippen MR) is 59.8 cm³/mol. The highest BCUT2D eigenvalue weighted by Gasteiger charge is 1.87. The van der Waals surface area contributed by atoms with Crippen LogP contribution in [0.25, 0.3) is 0 Å². The first-order chi connectivity index (χ1) is 5.93. The number of hydrogen-bond acceptors (Lipinski definition) is 3. The number of benzene rings is 1. The maximum absolute atomic E-state index is 9.47. The van der Waals surface area contributed by atoms with Crippen LogP contribution in [0, 0.1) is 0 Å². The zero-order chi connectivity index (χ0) is 10.3. The molecule has 0 aliphatic rings. The molecule has 0 N–H and O–H groups in total. The van der Waals surface area contributed by atoms with Crippen molar-refractivity contribution in [1.29, 1.82) is 0 Å². The van der Waals surface area contributed by atoms with Gasteiger partial charge in [-0.3, -0.25) is 0 Å². The number of methoxy groups -OCH3 is 1. The molecule has 3 nitrogen and oxygen atoms in total. The van der Waals surface area contributed by atoms with Gasteiger partial charge >= 0.3 is 0 Å². The molecule has 0 aromatic heterocycles. The molecular formula is C7H8Br2O3S. The van der Waals surface area contributed by atoms with Crippen LogP contribution in [0.1, 0.15) is 0 Å². The Labute approximate surface area is 92.4 Å². The van der Waals surface area contributed by atoms with E-state index in [4.69, 9.17) is 4.74 Å². The lowest BCUT2D eigenvalue weighted by molar-refractivity contribution is 0.415. The lowest BCUT2D eigenvalue weighted by Crippen LogP contribution is -1.78. The summed E-state index contributed by atoms with van der Waals surface area (Å²) in [4.78, 5) is 0. The van der Waals surface area contributed by atoms with Crippen LogP contribution in [0.3, 0.4) is 0 Å². The highest BCUT2D eigenvalue weighted by atomic mass is 79.9. The molecule has 0 saturated carbocycles. The smallest absolute Gasteiger partial charge is 0.268 e. The summed E-state index contributed by atoms with van der Waals surface area (Å²) in [6.45, 7) is -3.04. The quantitative estimate of drug-likeness (QED) is 0.743. The van der Waals surface area contributed by atoms with Crippen LogP contribution >= 0.6 is 29.6 Å². The predicted octanol–water partition coefficient (Wildman–Crippen LogP) is 2.72. The Morgan fingerprint density at radius 1 is 1.15 bits per heavy atom. The molecule has 0 amide bonds. The van der Waals surface area contributed by atoms with Crippen molar-refractivity contribution in [2.24, 2.45) is 0 Å². The summed E-state index contributed by atoms with van der Waals surface area (Å²) in [5.41, 5.74) is 0. The largest absolute Gasteiger partial charge is 0.497 e. The van der Waals surface area contributed by atoms with Gasteiger partial charge in [0.15, 0.2) is 0 Å². The molecule has 0 fully saturated rings. The van der Waals surface area contributed by atoms with Crippen LogP contribution in [0.2, 0.25) is 0 Å². The number of hydrogen-bond donors (Lipinski definition) is 0. The van der Waals surface area contributed by atoms with E-state index in [1.54, 1.807) is 7.11 Å². The first kappa shape index (κ1) is 12.9. The summed E-state index contributed by atoms with van der Waals surface area (Å²) in [6, 6.07) is 9.68. The zero-order valence-corrected chi connectivity index (χ0v) is 10.8. The number of halogens is 2. The van der Waals surface area contributed by atoms with Gasteiger partial charge in [0.05, 0.1) is 36.7 Å². The van der Waals surface area contributed by atoms with Gasteiger partial charge in [-0.15, -0.1) is 0 Å². The van der Waals surface area contributed by atoms with E-state index in [2.05, 4.69) is 29.6 Å². The van der Waals surface area contributed by atoms with E-state index in [0.717, 1.165) is 5.75 Å². The van der Waals surface area contributed by atoms with Gasteiger partial charge in [0.25, 0.3) is 6.70 Å². The van der Waals surface area contributed by atoms with Crippen molar-refractivity contribution in [1.82, 2.24) is 0 Å². The summed E-state index contributed by atoms with van der Waals surface area (Å²) in [7, 11) is 1.66. The van der Waals surface area contributed by atoms with Crippen LogP contribution < -0.4 is 4.74 Å². The fraction of sp³-hybridized carbons (Fsp3) is 0.143. The molecule has 0 saturated heterocycles. The van der Waals surface area contributed by atoms with Gasteiger partial charge in [-0.05, 0) is 12.1 Å². The number of rotatable bonds is 1. The standard InChI is InChI=1S/C7H8O.Br2O2S/c1-8-7-5-3-2-4-6-7;1-5(2,3)4/h2-6H,1H3;. The Bertz CT molecular complexity index is 315. The summed E-state index contributed by atoms with van der Waals surface area (Å²) in [5.74, 6) is 0.910. The van der Waals surface area contributed by atoms with Crippen molar-refractivity contribution in [3.8, 4) is 5.75 Å². The second-order valence-electron chi connectivity index (χ2n) is 1.90. The van der Waals surface area contributed by atoms with Crippen molar-refractivity contribution in [2.75, 3.05) is 7.11 Å². The second-order valence-corrected chi connectivity index (χ2v) is 10.4. The Morgan fingerprint density at radius 2 is 1.54 bits per heavy atom. The minimum atomic E-state index is -3.04. The van der Waals surface area contributed by atoms with Gasteiger partial charge in [0, 0.05) is 0 Å². The fourth-order valence-electron chi connectivity index (χ4n) is 0.557. The second kappa shape index (κ2) is 6.39. The molecule has 1 rings (SSSR count). The highest BCUT2D eigenvalue weighted by Crippen LogP contribution is 2.06. The molecule has 0 heterocycles. The third kappa shape index (κ3) is 11.9. The van der Waals surface area contributed by atoms with Crippen molar-refractivity contribution in [3.63, 3.8) is 0 Å². The molecule has 0 aliphatic heterocycles. The van der Waals surface area contributed by atoms with Crippen LogP contribution in [0.5, 0.6) is 5.75 Å². The Kier molecular flexibility index (Phi) is 6.36. The zero-order valence-electron chi connectivity index (χ0n) is 6.78. The maximum atomic E-state index is 9.47. The first-order valence-electron chi connectivity index (χ1n) is 3.16. The van der Waals surface area contributed by atoms with E-state index >= 15 is 0 Å². The lowest BCUT2D eigenvalue weighted by atomic mass is 10.3. The Balaban J connectivity index is 0.000000252. The average Bonchev–Trinajstić information content (AvgIpc) is 2.03. The molecule has 13 heavy (non-hydrogen) atoms. The van der Waals surface area contributed by atoms with Crippen molar-refractivity contribution in [2.45, 2.75) is 0 Å². The summed E-state index contributed by atoms with van der Waals surface area (Å²) >= 11 is 4.53. The van der Waals surface area contributed by atoms with Gasteiger partial charge in [-0.1, -0.05) is 18.2 Å². The lowest BCUT2D eigenvalue weighted by Gasteiger charge is -1.93. The summed E-state index contributed by atoms with van der Waals surface area (Å²) < 4.78 is 23.8. The van der Waals surface area contributed by atoms with E-state index in [-0.39, 0.29) is 0 Å². The molecular weight excluding hydrogens is 324 g/mol. The monoisotopic (exact) mass is 330 g/mol. The summed E-state index contributed by atoms with van der Waals surface area (Å²) in [5, 5.41) is 0. The molecule has 0 bridgehead atoms. The number of ether oxygens (including phenoxy) is 1. The topological polar surface area (TPSA) is 43.4 Å². The van der Waals surface area contributed by atoms with Gasteiger partial charge < -0.3 is 4.74 Å². The molecule has 0 atom stereocenters. The van der Waals surface area contributed by atoms with Gasteiger partial charge in [-0.2, -0.15) is 0 Å². The van der Waals surface area contributed by atoms with Gasteiger partial charge in [-0.25, -0.2) is 8.42 Å². The average molecular weight is 332 g/mol. The van der Waals surface area contributed by atoms with Crippen LogP contribution in [-0.2, 0) is 6.70 Å². The molecule has 6 heteroatoms. The van der Waals surface area contributed by atoms with E-state index in [9.17, 15) is 8.42 Å². The van der Waals surface area contributed by atoms with Crippen LogP contribution in [0.15, 0.2) is 30.3 Å². The fourth-order valence-corrected chi connectivity index (χ4v) is 0.557. The Hall–Kier alpha value is -0.0700. The van der Waals surface area contributed by atoms with Crippen LogP contribution in [0.4, 0.5) is 0 Å². The summed E-state index contributed by atoms with van der Waals surface area (Å²) in [6.07, 6.45) is 0. The molecule has 74 valence electrons. The molecule has 1 aromatic rings. The molecule has 0 unspecified atom stereocenters. The third-order valence-corrected chi connectivity index (χ3v) is 0.979. The first-order valence-corrected chi connectivity index (χ1v) is 8.33. The van der Waals surface area contributed by atoms with Gasteiger partial charge in [0.2, 0.25) is 0 Å². The molecule has 0 aliphatic carbocycles. The van der Waals surface area contributed by atoms with Gasteiger partial charge in [0.1, 0.15) is 5.75 Å². The van der Waals surface area contributed by atoms with E-state index in [1.807, 2.05) is 30.3 Å². The maximum Gasteiger partial charge on any atom is 0.268 e. The number of para-hydroxylation sites is 1. The Morgan fingerprint density at radius 3 is 1.77 bits per heavy atom. The van der Waals surface area contributed by atoms with E-state index < -0.39 is 6.70 Å².